The molecular weight excluding hydrogens is 499 g/mol. The quantitative estimate of drug-likeness (QED) is 0.321. The molecule has 8 nitrogen and oxygen atoms in total. The van der Waals surface area contributed by atoms with Crippen LogP contribution in [0.1, 0.15) is 22.5 Å². The molecule has 0 aliphatic carbocycles. The minimum Gasteiger partial charge on any atom is -0.364 e. The van der Waals surface area contributed by atoms with Gasteiger partial charge in [-0.25, -0.2) is 4.68 Å². The molecule has 0 unspecified atom stereocenters. The second-order valence-electron chi connectivity index (χ2n) is 7.69. The van der Waals surface area contributed by atoms with Crippen molar-refractivity contribution in [2.24, 2.45) is 5.73 Å². The van der Waals surface area contributed by atoms with Crippen LogP contribution in [0.3, 0.4) is 0 Å². The zero-order valence-electron chi connectivity index (χ0n) is 18.3. The molecule has 3 aromatic carbocycles. The van der Waals surface area contributed by atoms with Gasteiger partial charge in [0.05, 0.1) is 16.8 Å². The van der Waals surface area contributed by atoms with Gasteiger partial charge in [0.2, 0.25) is 11.8 Å². The van der Waals surface area contributed by atoms with E-state index in [1.165, 1.54) is 10.7 Å². The van der Waals surface area contributed by atoms with Crippen LogP contribution in [0.4, 0.5) is 24.5 Å². The van der Waals surface area contributed by atoms with Gasteiger partial charge in [-0.2, -0.15) is 18.3 Å². The number of halogens is 4. The molecule has 3 amide bonds. The Morgan fingerprint density at radius 2 is 1.58 bits per heavy atom. The Labute approximate surface area is 206 Å². The number of amides is 3. The maximum atomic E-state index is 13.0. The zero-order valence-corrected chi connectivity index (χ0v) is 19.0. The molecule has 184 valence electrons. The van der Waals surface area contributed by atoms with E-state index in [1.54, 1.807) is 36.4 Å². The molecule has 0 saturated carbocycles. The van der Waals surface area contributed by atoms with E-state index < -0.39 is 35.9 Å². The lowest BCUT2D eigenvalue weighted by Gasteiger charge is -2.11. The Morgan fingerprint density at radius 3 is 2.22 bits per heavy atom. The highest BCUT2D eigenvalue weighted by atomic mass is 35.5. The number of hydrogen-bond donors (Lipinski definition) is 3. The van der Waals surface area contributed by atoms with Gasteiger partial charge >= 0.3 is 6.18 Å². The van der Waals surface area contributed by atoms with Gasteiger partial charge in [-0.3, -0.25) is 14.4 Å². The number of carbonyl (C=O) groups excluding carboxylic acids is 3. The molecule has 0 radical (unpaired) electrons. The summed E-state index contributed by atoms with van der Waals surface area (Å²) in [4.78, 5) is 36.5. The number of primary amides is 1. The SMILES string of the molecule is NC(=O)c1nn(-c2ccccc2)c2cc(NC(=O)CC(=O)Nc3cc(Cl)cc(C(F)(F)F)c3)ccc12. The normalized spacial score (nSPS) is 11.3. The number of benzene rings is 3. The summed E-state index contributed by atoms with van der Waals surface area (Å²) >= 11 is 5.71. The summed E-state index contributed by atoms with van der Waals surface area (Å²) in [5.74, 6) is -2.28. The van der Waals surface area contributed by atoms with Crippen molar-refractivity contribution in [1.29, 1.82) is 0 Å². The molecule has 4 rings (SSSR count). The van der Waals surface area contributed by atoms with E-state index in [4.69, 9.17) is 17.3 Å². The summed E-state index contributed by atoms with van der Waals surface area (Å²) in [5, 5.41) is 9.31. The van der Waals surface area contributed by atoms with Crippen LogP contribution in [0.5, 0.6) is 0 Å². The largest absolute Gasteiger partial charge is 0.416 e. The van der Waals surface area contributed by atoms with Gasteiger partial charge in [-0.15, -0.1) is 0 Å². The van der Waals surface area contributed by atoms with Crippen molar-refractivity contribution in [3.05, 3.63) is 83.0 Å². The highest BCUT2D eigenvalue weighted by Crippen LogP contribution is 2.33. The van der Waals surface area contributed by atoms with Crippen molar-refractivity contribution in [1.82, 2.24) is 9.78 Å². The highest BCUT2D eigenvalue weighted by molar-refractivity contribution is 6.31. The fraction of sp³-hybridized carbons (Fsp3) is 0.0833. The van der Waals surface area contributed by atoms with Crippen LogP contribution in [0, 0.1) is 0 Å². The fourth-order valence-electron chi connectivity index (χ4n) is 3.52. The van der Waals surface area contributed by atoms with E-state index in [0.717, 1.165) is 18.2 Å². The molecular formula is C24H17ClF3N5O3. The first-order valence-corrected chi connectivity index (χ1v) is 10.7. The van der Waals surface area contributed by atoms with Crippen molar-refractivity contribution in [2.75, 3.05) is 10.6 Å². The van der Waals surface area contributed by atoms with Crippen LogP contribution < -0.4 is 16.4 Å². The van der Waals surface area contributed by atoms with Gasteiger partial charge in [0.25, 0.3) is 5.91 Å². The maximum Gasteiger partial charge on any atom is 0.416 e. The first-order chi connectivity index (χ1) is 17.0. The Kier molecular flexibility index (Phi) is 6.67. The first kappa shape index (κ1) is 24.7. The van der Waals surface area contributed by atoms with E-state index in [0.29, 0.717) is 22.3 Å². The predicted octanol–water partition coefficient (Wildman–Crippen LogP) is 4.76. The van der Waals surface area contributed by atoms with E-state index in [1.807, 2.05) is 6.07 Å². The molecule has 1 heterocycles. The molecule has 4 N–H and O–H groups in total. The molecule has 0 fully saturated rings. The van der Waals surface area contributed by atoms with E-state index in [9.17, 15) is 27.6 Å². The minimum atomic E-state index is -4.65. The standard InChI is InChI=1S/C24H17ClF3N5O3/c25-14-8-13(24(26,27)28)9-16(10-14)31-21(35)12-20(34)30-15-6-7-18-19(11-15)33(32-22(18)23(29)36)17-4-2-1-3-5-17/h1-11H,12H2,(H2,29,36)(H,30,34)(H,31,35). The minimum absolute atomic E-state index is 0.0471. The van der Waals surface area contributed by atoms with Crippen LogP contribution in [0.25, 0.3) is 16.6 Å². The van der Waals surface area contributed by atoms with Crippen LogP contribution in [0.2, 0.25) is 5.02 Å². The zero-order chi connectivity index (χ0) is 26.0. The molecule has 0 bridgehead atoms. The van der Waals surface area contributed by atoms with Crippen molar-refractivity contribution in [2.45, 2.75) is 12.6 Å². The number of aromatic nitrogens is 2. The second kappa shape index (κ2) is 9.70. The van der Waals surface area contributed by atoms with Gasteiger partial charge < -0.3 is 16.4 Å². The summed E-state index contributed by atoms with van der Waals surface area (Å²) in [5.41, 5.74) is 5.70. The van der Waals surface area contributed by atoms with Crippen molar-refractivity contribution >= 4 is 51.6 Å². The summed E-state index contributed by atoms with van der Waals surface area (Å²) in [6, 6.07) is 16.1. The Balaban J connectivity index is 1.52. The monoisotopic (exact) mass is 515 g/mol. The number of hydrogen-bond acceptors (Lipinski definition) is 4. The smallest absolute Gasteiger partial charge is 0.364 e. The number of fused-ring (bicyclic) bond motifs is 1. The van der Waals surface area contributed by atoms with Crippen molar-refractivity contribution in [3.8, 4) is 5.69 Å². The van der Waals surface area contributed by atoms with Gasteiger partial charge in [0, 0.05) is 21.8 Å². The molecule has 0 spiro atoms. The number of anilines is 2. The van der Waals surface area contributed by atoms with Crippen molar-refractivity contribution in [3.63, 3.8) is 0 Å². The Bertz CT molecular complexity index is 1490. The number of nitrogens with two attached hydrogens (primary N) is 1. The molecule has 36 heavy (non-hydrogen) atoms. The third kappa shape index (κ3) is 5.47. The number of nitrogens with zero attached hydrogens (tertiary/aromatic N) is 2. The number of carbonyl (C=O) groups is 3. The number of alkyl halides is 3. The predicted molar refractivity (Wildman–Crippen MR) is 128 cm³/mol. The lowest BCUT2D eigenvalue weighted by Crippen LogP contribution is -2.21. The van der Waals surface area contributed by atoms with Gasteiger partial charge in [0.15, 0.2) is 5.69 Å². The average molecular weight is 516 g/mol. The van der Waals surface area contributed by atoms with Crippen LogP contribution in [-0.4, -0.2) is 27.5 Å². The summed E-state index contributed by atoms with van der Waals surface area (Å²) in [6.07, 6.45) is -5.32. The van der Waals surface area contributed by atoms with E-state index >= 15 is 0 Å². The molecule has 4 aromatic rings. The van der Waals surface area contributed by atoms with E-state index in [-0.39, 0.29) is 16.4 Å². The topological polar surface area (TPSA) is 119 Å². The fourth-order valence-corrected chi connectivity index (χ4v) is 3.76. The Morgan fingerprint density at radius 1 is 0.917 bits per heavy atom. The maximum absolute atomic E-state index is 13.0. The highest BCUT2D eigenvalue weighted by Gasteiger charge is 2.31. The van der Waals surface area contributed by atoms with Gasteiger partial charge in [-0.05, 0) is 48.5 Å². The van der Waals surface area contributed by atoms with Crippen LogP contribution >= 0.6 is 11.6 Å². The van der Waals surface area contributed by atoms with Crippen molar-refractivity contribution < 1.29 is 27.6 Å². The molecule has 0 saturated heterocycles. The third-order valence-corrected chi connectivity index (χ3v) is 5.25. The molecule has 0 aliphatic rings. The number of para-hydroxylation sites is 1. The Hall–Kier alpha value is -4.38. The van der Waals surface area contributed by atoms with Crippen LogP contribution in [0.15, 0.2) is 66.7 Å². The first-order valence-electron chi connectivity index (χ1n) is 10.4. The lowest BCUT2D eigenvalue weighted by atomic mass is 10.1. The van der Waals surface area contributed by atoms with Gasteiger partial charge in [-0.1, -0.05) is 29.8 Å². The summed E-state index contributed by atoms with van der Waals surface area (Å²) in [6.45, 7) is 0. The number of rotatable bonds is 6. The average Bonchev–Trinajstić information content (AvgIpc) is 3.17. The number of nitrogens with one attached hydrogen (secondary N) is 2. The molecule has 0 atom stereocenters. The lowest BCUT2D eigenvalue weighted by molar-refractivity contribution is -0.137. The molecule has 12 heteroatoms. The van der Waals surface area contributed by atoms with E-state index in [2.05, 4.69) is 15.7 Å². The third-order valence-electron chi connectivity index (χ3n) is 5.03. The second-order valence-corrected chi connectivity index (χ2v) is 8.13. The summed E-state index contributed by atoms with van der Waals surface area (Å²) < 4.78 is 40.4. The summed E-state index contributed by atoms with van der Waals surface area (Å²) in [7, 11) is 0. The van der Waals surface area contributed by atoms with Gasteiger partial charge in [0.1, 0.15) is 6.42 Å². The van der Waals surface area contributed by atoms with Crippen LogP contribution in [-0.2, 0) is 15.8 Å². The molecule has 1 aromatic heterocycles. The molecule has 0 aliphatic heterocycles.